The quantitative estimate of drug-likeness (QED) is 0.212. The molecule has 1 aliphatic rings. The zero-order valence-electron chi connectivity index (χ0n) is 21.6. The third-order valence-electron chi connectivity index (χ3n) is 6.64. The van der Waals surface area contributed by atoms with Crippen LogP contribution in [-0.2, 0) is 6.61 Å². The van der Waals surface area contributed by atoms with Gasteiger partial charge in [-0.25, -0.2) is 9.37 Å². The van der Waals surface area contributed by atoms with Gasteiger partial charge in [-0.3, -0.25) is 4.98 Å². The summed E-state index contributed by atoms with van der Waals surface area (Å²) in [6.45, 7) is 2.54. The fraction of sp³-hybridized carbons (Fsp3) is 0.276. The molecule has 0 saturated carbocycles. The SMILES string of the molecule is COc1cc2c(Nc3cc(F)c(OCc4cccc(Cl)n4)cc3Cl)c(C#N)cnc2cc1OCC1CCNCC1. The van der Waals surface area contributed by atoms with E-state index in [-0.39, 0.29) is 28.6 Å². The first-order valence-electron chi connectivity index (χ1n) is 12.7. The summed E-state index contributed by atoms with van der Waals surface area (Å²) in [4.78, 5) is 8.58. The first-order valence-corrected chi connectivity index (χ1v) is 13.5. The number of hydrogen-bond acceptors (Lipinski definition) is 8. The molecule has 0 aliphatic carbocycles. The summed E-state index contributed by atoms with van der Waals surface area (Å²) in [5, 5.41) is 17.4. The number of piperidine rings is 1. The molecule has 0 atom stereocenters. The van der Waals surface area contributed by atoms with Crippen molar-refractivity contribution in [2.24, 2.45) is 5.92 Å². The number of nitrogens with zero attached hydrogens (tertiary/aromatic N) is 3. The zero-order valence-corrected chi connectivity index (χ0v) is 23.2. The molecule has 8 nitrogen and oxygen atoms in total. The molecule has 1 aliphatic heterocycles. The lowest BCUT2D eigenvalue weighted by Crippen LogP contribution is -2.30. The van der Waals surface area contributed by atoms with Gasteiger partial charge in [0.15, 0.2) is 23.1 Å². The van der Waals surface area contributed by atoms with Gasteiger partial charge in [-0.15, -0.1) is 0 Å². The molecule has 0 bridgehead atoms. The number of nitriles is 1. The molecule has 4 aromatic rings. The summed E-state index contributed by atoms with van der Waals surface area (Å²) in [5.74, 6) is 0.832. The molecule has 11 heteroatoms. The Bertz CT molecular complexity index is 1570. The van der Waals surface area contributed by atoms with E-state index in [1.54, 1.807) is 37.4 Å². The normalized spacial score (nSPS) is 13.6. The molecule has 2 aromatic carbocycles. The van der Waals surface area contributed by atoms with Crippen molar-refractivity contribution in [1.82, 2.24) is 15.3 Å². The Kier molecular flexibility index (Phi) is 8.70. The summed E-state index contributed by atoms with van der Waals surface area (Å²) in [6.07, 6.45) is 3.55. The van der Waals surface area contributed by atoms with Gasteiger partial charge in [-0.2, -0.15) is 5.26 Å². The lowest BCUT2D eigenvalue weighted by Gasteiger charge is -2.23. The Morgan fingerprint density at radius 2 is 1.93 bits per heavy atom. The highest BCUT2D eigenvalue weighted by Gasteiger charge is 2.19. The highest BCUT2D eigenvalue weighted by atomic mass is 35.5. The van der Waals surface area contributed by atoms with Crippen molar-refractivity contribution in [3.63, 3.8) is 0 Å². The topological polar surface area (TPSA) is 101 Å². The minimum atomic E-state index is -0.642. The largest absolute Gasteiger partial charge is 0.493 e. The van der Waals surface area contributed by atoms with Crippen LogP contribution in [0.2, 0.25) is 10.2 Å². The highest BCUT2D eigenvalue weighted by Crippen LogP contribution is 2.39. The van der Waals surface area contributed by atoms with Gasteiger partial charge < -0.3 is 24.8 Å². The first-order chi connectivity index (χ1) is 19.4. The fourth-order valence-electron chi connectivity index (χ4n) is 4.50. The summed E-state index contributed by atoms with van der Waals surface area (Å²) < 4.78 is 32.4. The molecule has 2 N–H and O–H groups in total. The predicted molar refractivity (Wildman–Crippen MR) is 152 cm³/mol. The number of pyridine rings is 2. The van der Waals surface area contributed by atoms with Crippen molar-refractivity contribution >= 4 is 45.5 Å². The van der Waals surface area contributed by atoms with Gasteiger partial charge in [0, 0.05) is 29.8 Å². The minimum absolute atomic E-state index is 0.00991. The second kappa shape index (κ2) is 12.6. The van der Waals surface area contributed by atoms with Crippen molar-refractivity contribution in [3.05, 3.63) is 75.9 Å². The highest BCUT2D eigenvalue weighted by molar-refractivity contribution is 6.33. The van der Waals surface area contributed by atoms with E-state index in [2.05, 4.69) is 26.7 Å². The summed E-state index contributed by atoms with van der Waals surface area (Å²) in [6, 6.07) is 13.3. The summed E-state index contributed by atoms with van der Waals surface area (Å²) >= 11 is 12.4. The van der Waals surface area contributed by atoms with Gasteiger partial charge in [0.25, 0.3) is 0 Å². The standard InChI is InChI=1S/C29H26Cl2FN5O3/c1-38-26-9-20-23(12-27(26)39-15-17-5-7-34-8-6-17)35-14-18(13-33)29(20)37-24-11-22(32)25(10-21(24)30)40-16-19-3-2-4-28(31)36-19/h2-4,9-12,14,17,34H,5-8,15-16H2,1H3,(H,35,37). The van der Waals surface area contributed by atoms with Gasteiger partial charge in [0.2, 0.25) is 0 Å². The molecule has 0 spiro atoms. The maximum Gasteiger partial charge on any atom is 0.167 e. The van der Waals surface area contributed by atoms with Crippen LogP contribution in [0.25, 0.3) is 10.9 Å². The number of rotatable bonds is 9. The molecule has 0 radical (unpaired) electrons. The molecule has 0 amide bonds. The number of aromatic nitrogens is 2. The molecule has 1 fully saturated rings. The Balaban J connectivity index is 1.41. The number of halogens is 3. The van der Waals surface area contributed by atoms with Crippen molar-refractivity contribution in [2.45, 2.75) is 19.4 Å². The third-order valence-corrected chi connectivity index (χ3v) is 7.16. The molecular formula is C29H26Cl2FN5O3. The number of methoxy groups -OCH3 is 1. The van der Waals surface area contributed by atoms with E-state index >= 15 is 4.39 Å². The van der Waals surface area contributed by atoms with E-state index in [0.717, 1.165) is 25.9 Å². The van der Waals surface area contributed by atoms with Crippen LogP contribution in [0.1, 0.15) is 24.1 Å². The van der Waals surface area contributed by atoms with Crippen molar-refractivity contribution in [2.75, 3.05) is 32.1 Å². The Labute approximate surface area is 241 Å². The minimum Gasteiger partial charge on any atom is -0.493 e. The fourth-order valence-corrected chi connectivity index (χ4v) is 4.88. The molecule has 2 aromatic heterocycles. The number of ether oxygens (including phenoxy) is 3. The average Bonchev–Trinajstić information content (AvgIpc) is 2.97. The summed E-state index contributed by atoms with van der Waals surface area (Å²) in [7, 11) is 1.55. The van der Waals surface area contributed by atoms with E-state index in [4.69, 9.17) is 37.4 Å². The van der Waals surface area contributed by atoms with Crippen LogP contribution < -0.4 is 24.8 Å². The van der Waals surface area contributed by atoms with E-state index in [0.29, 0.717) is 51.5 Å². The van der Waals surface area contributed by atoms with E-state index in [1.807, 2.05) is 0 Å². The molecule has 1 saturated heterocycles. The lowest BCUT2D eigenvalue weighted by molar-refractivity contribution is 0.208. The van der Waals surface area contributed by atoms with Crippen LogP contribution in [0.4, 0.5) is 15.8 Å². The summed E-state index contributed by atoms with van der Waals surface area (Å²) in [5.41, 5.74) is 2.03. The molecule has 0 unspecified atom stereocenters. The smallest absolute Gasteiger partial charge is 0.167 e. The van der Waals surface area contributed by atoms with Crippen LogP contribution in [0.15, 0.2) is 48.7 Å². The van der Waals surface area contributed by atoms with Crippen LogP contribution in [-0.4, -0.2) is 36.8 Å². The monoisotopic (exact) mass is 581 g/mol. The number of fused-ring (bicyclic) bond motifs is 1. The molecule has 40 heavy (non-hydrogen) atoms. The van der Waals surface area contributed by atoms with E-state index in [1.165, 1.54) is 18.3 Å². The van der Waals surface area contributed by atoms with E-state index < -0.39 is 5.82 Å². The van der Waals surface area contributed by atoms with E-state index in [9.17, 15) is 5.26 Å². The number of benzene rings is 2. The van der Waals surface area contributed by atoms with Gasteiger partial charge in [0.1, 0.15) is 17.8 Å². The maximum absolute atomic E-state index is 15.0. The number of nitrogens with one attached hydrogen (secondary N) is 2. The van der Waals surface area contributed by atoms with Crippen LogP contribution in [0.5, 0.6) is 17.2 Å². The number of hydrogen-bond donors (Lipinski definition) is 2. The lowest BCUT2D eigenvalue weighted by atomic mass is 9.99. The van der Waals surface area contributed by atoms with Crippen molar-refractivity contribution in [1.29, 1.82) is 5.26 Å². The zero-order chi connectivity index (χ0) is 28.1. The van der Waals surface area contributed by atoms with Gasteiger partial charge >= 0.3 is 0 Å². The maximum atomic E-state index is 15.0. The first kappa shape index (κ1) is 27.7. The van der Waals surface area contributed by atoms with Crippen LogP contribution in [0, 0.1) is 23.1 Å². The Hall–Kier alpha value is -3.84. The Morgan fingerprint density at radius 1 is 1.10 bits per heavy atom. The van der Waals surface area contributed by atoms with Gasteiger partial charge in [-0.1, -0.05) is 29.3 Å². The Morgan fingerprint density at radius 3 is 2.67 bits per heavy atom. The average molecular weight is 582 g/mol. The molecule has 3 heterocycles. The van der Waals surface area contributed by atoms with Gasteiger partial charge in [-0.05, 0) is 50.0 Å². The van der Waals surface area contributed by atoms with Crippen molar-refractivity contribution in [3.8, 4) is 23.3 Å². The second-order valence-electron chi connectivity index (χ2n) is 9.31. The molecule has 5 rings (SSSR count). The number of anilines is 2. The molecular weight excluding hydrogens is 556 g/mol. The third kappa shape index (κ3) is 6.31. The van der Waals surface area contributed by atoms with Crippen molar-refractivity contribution < 1.29 is 18.6 Å². The van der Waals surface area contributed by atoms with Crippen LogP contribution in [0.3, 0.4) is 0 Å². The second-order valence-corrected chi connectivity index (χ2v) is 10.1. The predicted octanol–water partition coefficient (Wildman–Crippen LogP) is 6.66. The van der Waals surface area contributed by atoms with Gasteiger partial charge in [0.05, 0.1) is 46.9 Å². The van der Waals surface area contributed by atoms with Crippen LogP contribution >= 0.6 is 23.2 Å². The molecule has 206 valence electrons.